The van der Waals surface area contributed by atoms with E-state index < -0.39 is 20.7 Å². The molecule has 11 nitrogen and oxygen atoms in total. The lowest BCUT2D eigenvalue weighted by atomic mass is 10.0. The number of carbonyl (C=O) groups excluding carboxylic acids is 1. The molecule has 0 aliphatic heterocycles. The third kappa shape index (κ3) is 6.74. The van der Waals surface area contributed by atoms with Gasteiger partial charge in [0.1, 0.15) is 13.2 Å². The Bertz CT molecular complexity index is 1540. The van der Waals surface area contributed by atoms with Crippen LogP contribution in [0.1, 0.15) is 15.9 Å². The molecule has 0 fully saturated rings. The van der Waals surface area contributed by atoms with Crippen molar-refractivity contribution in [3.05, 3.63) is 93.6 Å². The van der Waals surface area contributed by atoms with Gasteiger partial charge in [-0.05, 0) is 47.4 Å². The van der Waals surface area contributed by atoms with Crippen molar-refractivity contribution in [3.63, 3.8) is 0 Å². The average Bonchev–Trinajstić information content (AvgIpc) is 3.33. The summed E-state index contributed by atoms with van der Waals surface area (Å²) >= 11 is 3.37. The highest BCUT2D eigenvalue weighted by molar-refractivity contribution is 9.10. The van der Waals surface area contributed by atoms with Crippen LogP contribution in [0.3, 0.4) is 0 Å². The minimum atomic E-state index is -4.21. The zero-order valence-corrected chi connectivity index (χ0v) is 23.0. The summed E-state index contributed by atoms with van der Waals surface area (Å²) in [5.74, 6) is 0.188. The van der Waals surface area contributed by atoms with Crippen molar-refractivity contribution in [2.24, 2.45) is 0 Å². The number of sulfone groups is 1. The number of nitrogens with zero attached hydrogens (tertiary/aromatic N) is 2. The van der Waals surface area contributed by atoms with Gasteiger partial charge in [0.05, 0.1) is 30.4 Å². The largest absolute Gasteiger partial charge is 0.493 e. The van der Waals surface area contributed by atoms with Gasteiger partial charge in [-0.3, -0.25) is 9.42 Å². The average molecular weight is 619 g/mol. The first-order valence-electron chi connectivity index (χ1n) is 11.5. The number of halogens is 1. The quantitative estimate of drug-likeness (QED) is 0.124. The molecular weight excluding hydrogens is 596 g/mol. The molecule has 204 valence electrons. The van der Waals surface area contributed by atoms with Crippen molar-refractivity contribution >= 4 is 31.6 Å². The van der Waals surface area contributed by atoms with Crippen LogP contribution < -0.4 is 19.1 Å². The van der Waals surface area contributed by atoms with Gasteiger partial charge in [0.25, 0.3) is 9.84 Å². The van der Waals surface area contributed by atoms with Crippen LogP contribution in [0.5, 0.6) is 17.4 Å². The predicted octanol–water partition coefficient (Wildman–Crippen LogP) is 3.62. The van der Waals surface area contributed by atoms with Crippen LogP contribution in [-0.2, 0) is 14.6 Å². The van der Waals surface area contributed by atoms with E-state index in [1.165, 1.54) is 31.4 Å². The molecule has 0 atom stereocenters. The Morgan fingerprint density at radius 3 is 2.36 bits per heavy atom. The van der Waals surface area contributed by atoms with Crippen molar-refractivity contribution in [2.45, 2.75) is 9.92 Å². The molecule has 0 radical (unpaired) electrons. The predicted molar refractivity (Wildman–Crippen MR) is 140 cm³/mol. The van der Waals surface area contributed by atoms with Crippen molar-refractivity contribution in [3.8, 4) is 17.4 Å². The summed E-state index contributed by atoms with van der Waals surface area (Å²) in [6, 6.07) is 19.4. The molecule has 0 N–H and O–H groups in total. The van der Waals surface area contributed by atoms with Crippen LogP contribution in [0.25, 0.3) is 0 Å². The Morgan fingerprint density at radius 2 is 1.64 bits per heavy atom. The number of rotatable bonds is 13. The van der Waals surface area contributed by atoms with Crippen molar-refractivity contribution in [1.29, 1.82) is 0 Å². The summed E-state index contributed by atoms with van der Waals surface area (Å²) in [7, 11) is -2.71. The van der Waals surface area contributed by atoms with Crippen LogP contribution in [0.4, 0.5) is 0 Å². The van der Waals surface area contributed by atoms with Gasteiger partial charge in [0.2, 0.25) is 0 Å². The molecule has 0 aliphatic carbocycles. The van der Waals surface area contributed by atoms with E-state index in [9.17, 15) is 18.4 Å². The van der Waals surface area contributed by atoms with Gasteiger partial charge in [0, 0.05) is 15.6 Å². The van der Waals surface area contributed by atoms with Crippen molar-refractivity contribution < 1.29 is 41.7 Å². The summed E-state index contributed by atoms with van der Waals surface area (Å²) in [6.45, 7) is 0.205. The number of ether oxygens (including phenoxy) is 4. The number of ketones is 1. The summed E-state index contributed by atoms with van der Waals surface area (Å²) < 4.78 is 52.7. The van der Waals surface area contributed by atoms with E-state index in [0.717, 1.165) is 4.47 Å². The Morgan fingerprint density at radius 1 is 0.923 bits per heavy atom. The van der Waals surface area contributed by atoms with Crippen LogP contribution >= 0.6 is 15.9 Å². The molecule has 0 bridgehead atoms. The number of carbonyl (C=O) groups is 1. The third-order valence-corrected chi connectivity index (χ3v) is 7.54. The van der Waals surface area contributed by atoms with E-state index in [1.807, 2.05) is 6.07 Å². The summed E-state index contributed by atoms with van der Waals surface area (Å²) in [4.78, 5) is 12.5. The number of benzene rings is 3. The van der Waals surface area contributed by atoms with Gasteiger partial charge in [-0.2, -0.15) is 0 Å². The molecule has 1 heterocycles. The monoisotopic (exact) mass is 618 g/mol. The maximum absolute atomic E-state index is 12.9. The lowest BCUT2D eigenvalue weighted by Crippen LogP contribution is -2.31. The molecule has 13 heteroatoms. The Labute approximate surface area is 232 Å². The minimum absolute atomic E-state index is 0.0401. The summed E-state index contributed by atoms with van der Waals surface area (Å²) in [5.41, 5.74) is 0.959. The van der Waals surface area contributed by atoms with Gasteiger partial charge < -0.3 is 24.2 Å². The van der Waals surface area contributed by atoms with E-state index in [2.05, 4.69) is 25.7 Å². The van der Waals surface area contributed by atoms with E-state index in [-0.39, 0.29) is 42.0 Å². The molecule has 0 aliphatic rings. The molecule has 0 spiro atoms. The zero-order chi connectivity index (χ0) is 27.8. The molecule has 0 saturated carbocycles. The van der Waals surface area contributed by atoms with E-state index in [0.29, 0.717) is 22.6 Å². The van der Waals surface area contributed by atoms with Gasteiger partial charge in [0.15, 0.2) is 17.3 Å². The fourth-order valence-corrected chi connectivity index (χ4v) is 5.17. The number of hydrogen-bond donors (Lipinski definition) is 0. The second-order valence-corrected chi connectivity index (χ2v) is 10.7. The molecule has 0 amide bonds. The Kier molecular flexibility index (Phi) is 9.17. The highest BCUT2D eigenvalue weighted by atomic mass is 79.9. The van der Waals surface area contributed by atoms with Gasteiger partial charge in [-0.25, -0.2) is 8.42 Å². The van der Waals surface area contributed by atoms with E-state index >= 15 is 0 Å². The maximum atomic E-state index is 12.9. The normalized spacial score (nSPS) is 11.2. The smallest absolute Gasteiger partial charge is 0.415 e. The second kappa shape index (κ2) is 12.7. The lowest BCUT2D eigenvalue weighted by molar-refractivity contribution is -0.832. The Hall–Kier alpha value is -3.94. The second-order valence-electron chi connectivity index (χ2n) is 7.87. The molecule has 0 unspecified atom stereocenters. The van der Waals surface area contributed by atoms with Crippen LogP contribution in [0.2, 0.25) is 0 Å². The minimum Gasteiger partial charge on any atom is -0.493 e. The van der Waals surface area contributed by atoms with Gasteiger partial charge >= 0.3 is 10.9 Å². The zero-order valence-electron chi connectivity index (χ0n) is 20.6. The number of methoxy groups -OCH3 is 1. The molecule has 39 heavy (non-hydrogen) atoms. The fraction of sp³-hybridized carbons (Fsp3) is 0.192. The highest BCUT2D eigenvalue weighted by Gasteiger charge is 2.35. The highest BCUT2D eigenvalue weighted by Crippen LogP contribution is 2.29. The standard InChI is InChI=1S/C26H23BrN2O9S/c1-34-22-11-10-19(24(30)18-6-5-7-20(27)16-18)17-23(22)36-14-12-35-13-15-37-25-26(29(31)38-28-25)39(32,33)21-8-3-2-4-9-21/h2-11,16-17H,12-15H2,1H3. The molecule has 1 aromatic heterocycles. The van der Waals surface area contributed by atoms with E-state index in [4.69, 9.17) is 18.9 Å². The SMILES string of the molecule is COc1ccc(C(=O)c2cccc(Br)c2)cc1OCCOCCOc1no[n+]([O-])c1S(=O)(=O)c1ccccc1. The van der Waals surface area contributed by atoms with Crippen molar-refractivity contribution in [2.75, 3.05) is 33.5 Å². The third-order valence-electron chi connectivity index (χ3n) is 5.32. The van der Waals surface area contributed by atoms with Crippen LogP contribution in [0.15, 0.2) is 91.8 Å². The van der Waals surface area contributed by atoms with E-state index in [1.54, 1.807) is 42.5 Å². The summed E-state index contributed by atoms with van der Waals surface area (Å²) in [5, 5.41) is 14.6. The Balaban J connectivity index is 1.29. The molecular formula is C26H23BrN2O9S. The number of hydrogen-bond acceptors (Lipinski definition) is 10. The first-order valence-corrected chi connectivity index (χ1v) is 13.8. The van der Waals surface area contributed by atoms with Gasteiger partial charge in [-0.15, -0.1) is 0 Å². The first-order chi connectivity index (χ1) is 18.8. The fourth-order valence-electron chi connectivity index (χ4n) is 3.48. The lowest BCUT2D eigenvalue weighted by Gasteiger charge is -2.12. The van der Waals surface area contributed by atoms with Gasteiger partial charge in [-0.1, -0.05) is 46.3 Å². The first kappa shape index (κ1) is 28.1. The number of aromatic nitrogens is 2. The molecule has 0 saturated heterocycles. The topological polar surface area (TPSA) is 141 Å². The molecule has 3 aromatic carbocycles. The van der Waals surface area contributed by atoms with Crippen LogP contribution in [0, 0.1) is 5.21 Å². The van der Waals surface area contributed by atoms with Crippen LogP contribution in [-0.4, -0.2) is 52.9 Å². The summed E-state index contributed by atoms with van der Waals surface area (Å²) in [6.07, 6.45) is 0. The maximum Gasteiger partial charge on any atom is 0.415 e. The van der Waals surface area contributed by atoms with Crippen molar-refractivity contribution in [1.82, 2.24) is 5.16 Å². The molecule has 4 rings (SSSR count). The molecule has 4 aromatic rings.